The van der Waals surface area contributed by atoms with Crippen molar-refractivity contribution < 1.29 is 14.7 Å². The smallest absolute Gasteiger partial charge is 0.327 e. The van der Waals surface area contributed by atoms with E-state index in [9.17, 15) is 9.59 Å². The van der Waals surface area contributed by atoms with Gasteiger partial charge < -0.3 is 15.3 Å². The molecular weight excluding hydrogens is 216 g/mol. The maximum absolute atomic E-state index is 11.6. The minimum absolute atomic E-state index is 0.124. The number of carbonyl (C=O) groups is 2. The van der Waals surface area contributed by atoms with Crippen LogP contribution in [0.15, 0.2) is 0 Å². The second-order valence-electron chi connectivity index (χ2n) is 3.39. The first kappa shape index (κ1) is 12.3. The summed E-state index contributed by atoms with van der Waals surface area (Å²) in [6, 6.07) is -0.647. The number of nitrogens with zero attached hydrogens (tertiary/aromatic N) is 1. The van der Waals surface area contributed by atoms with Crippen LogP contribution in [0.4, 0.5) is 0 Å². The van der Waals surface area contributed by atoms with Gasteiger partial charge in [0.25, 0.3) is 0 Å². The molecule has 1 heterocycles. The van der Waals surface area contributed by atoms with Crippen LogP contribution in [0.2, 0.25) is 0 Å². The first-order chi connectivity index (χ1) is 7.16. The molecule has 2 N–H and O–H groups in total. The Morgan fingerprint density at radius 2 is 2.33 bits per heavy atom. The van der Waals surface area contributed by atoms with E-state index in [1.807, 2.05) is 6.92 Å². The van der Waals surface area contributed by atoms with E-state index in [0.29, 0.717) is 11.6 Å². The third-order valence-corrected chi connectivity index (χ3v) is 3.20. The third kappa shape index (κ3) is 3.39. The van der Waals surface area contributed by atoms with Gasteiger partial charge in [0.15, 0.2) is 0 Å². The van der Waals surface area contributed by atoms with Crippen molar-refractivity contribution >= 4 is 23.6 Å². The number of carbonyl (C=O) groups excluding carboxylic acids is 1. The lowest BCUT2D eigenvalue weighted by Gasteiger charge is -2.20. The molecule has 15 heavy (non-hydrogen) atoms. The molecule has 1 fully saturated rings. The molecule has 1 atom stereocenters. The predicted octanol–water partition coefficient (Wildman–Crippen LogP) is -0.0279. The molecule has 0 radical (unpaired) electrons. The Morgan fingerprint density at radius 1 is 1.60 bits per heavy atom. The Bertz CT molecular complexity index is 248. The number of nitrogens with one attached hydrogen (secondary N) is 1. The van der Waals surface area contributed by atoms with Crippen molar-refractivity contribution in [2.45, 2.75) is 19.4 Å². The molecule has 1 saturated heterocycles. The maximum Gasteiger partial charge on any atom is 0.327 e. The quantitative estimate of drug-likeness (QED) is 0.652. The van der Waals surface area contributed by atoms with Crippen molar-refractivity contribution in [1.29, 1.82) is 0 Å². The fourth-order valence-corrected chi connectivity index (χ4v) is 2.54. The minimum atomic E-state index is -0.913. The van der Waals surface area contributed by atoms with Crippen LogP contribution in [0.1, 0.15) is 13.3 Å². The standard InChI is InChI=1S/C9H16N2O3S/c1-2-3-10-4-8(12)11-6-15-5-7(11)9(13)14/h7,10H,2-6H2,1H3,(H,13,14)/t7-/m0/s1. The zero-order chi connectivity index (χ0) is 11.3. The summed E-state index contributed by atoms with van der Waals surface area (Å²) in [4.78, 5) is 23.9. The Morgan fingerprint density at radius 3 is 2.93 bits per heavy atom. The van der Waals surface area contributed by atoms with Gasteiger partial charge >= 0.3 is 5.97 Å². The summed E-state index contributed by atoms with van der Waals surface area (Å²) in [5.41, 5.74) is 0. The van der Waals surface area contributed by atoms with Crippen molar-refractivity contribution in [3.8, 4) is 0 Å². The number of carboxylic acids is 1. The SMILES string of the molecule is CCCNCC(=O)N1CSC[C@H]1C(=O)O. The topological polar surface area (TPSA) is 69.6 Å². The van der Waals surface area contributed by atoms with Gasteiger partial charge in [0.1, 0.15) is 6.04 Å². The minimum Gasteiger partial charge on any atom is -0.480 e. The number of hydrogen-bond donors (Lipinski definition) is 2. The third-order valence-electron chi connectivity index (χ3n) is 2.19. The summed E-state index contributed by atoms with van der Waals surface area (Å²) in [5.74, 6) is -0.0527. The van der Waals surface area contributed by atoms with Gasteiger partial charge in [-0.05, 0) is 13.0 Å². The molecule has 1 aliphatic heterocycles. The van der Waals surface area contributed by atoms with Crippen molar-refractivity contribution in [2.24, 2.45) is 0 Å². The van der Waals surface area contributed by atoms with Crippen LogP contribution >= 0.6 is 11.8 Å². The highest BCUT2D eigenvalue weighted by Gasteiger charge is 2.33. The molecule has 6 heteroatoms. The lowest BCUT2D eigenvalue weighted by Crippen LogP contribution is -2.45. The number of aliphatic carboxylic acids is 1. The van der Waals surface area contributed by atoms with E-state index in [0.717, 1.165) is 13.0 Å². The molecule has 5 nitrogen and oxygen atoms in total. The Labute approximate surface area is 93.2 Å². The molecule has 0 saturated carbocycles. The largest absolute Gasteiger partial charge is 0.480 e. The van der Waals surface area contributed by atoms with Crippen molar-refractivity contribution in [3.63, 3.8) is 0 Å². The molecule has 0 unspecified atom stereocenters. The summed E-state index contributed by atoms with van der Waals surface area (Å²) in [6.45, 7) is 3.03. The summed E-state index contributed by atoms with van der Waals surface area (Å²) < 4.78 is 0. The van der Waals surface area contributed by atoms with Gasteiger partial charge in [-0.2, -0.15) is 0 Å². The van der Waals surface area contributed by atoms with Gasteiger partial charge in [-0.3, -0.25) is 4.79 Å². The Balaban J connectivity index is 2.40. The lowest BCUT2D eigenvalue weighted by atomic mass is 10.3. The van der Waals surface area contributed by atoms with Crippen LogP contribution in [0.5, 0.6) is 0 Å². The first-order valence-electron chi connectivity index (χ1n) is 4.97. The number of amides is 1. The predicted molar refractivity (Wildman–Crippen MR) is 58.8 cm³/mol. The maximum atomic E-state index is 11.6. The Kier molecular flexibility index (Phi) is 4.90. The van der Waals surface area contributed by atoms with Gasteiger partial charge in [-0.25, -0.2) is 4.79 Å². The monoisotopic (exact) mass is 232 g/mol. The lowest BCUT2D eigenvalue weighted by molar-refractivity contribution is -0.147. The van der Waals surface area contributed by atoms with Crippen LogP contribution in [0.3, 0.4) is 0 Å². The van der Waals surface area contributed by atoms with Crippen LogP contribution < -0.4 is 5.32 Å². The van der Waals surface area contributed by atoms with Crippen molar-refractivity contribution in [3.05, 3.63) is 0 Å². The van der Waals surface area contributed by atoms with Crippen molar-refractivity contribution in [1.82, 2.24) is 10.2 Å². The number of thioether (sulfide) groups is 1. The number of rotatable bonds is 5. The fraction of sp³-hybridized carbons (Fsp3) is 0.778. The van der Waals surface area contributed by atoms with Gasteiger partial charge in [-0.1, -0.05) is 6.92 Å². The summed E-state index contributed by atoms with van der Waals surface area (Å²) >= 11 is 1.48. The molecule has 0 aliphatic carbocycles. The molecule has 0 bridgehead atoms. The van der Waals surface area contributed by atoms with Crippen molar-refractivity contribution in [2.75, 3.05) is 24.7 Å². The van der Waals surface area contributed by atoms with E-state index < -0.39 is 12.0 Å². The second-order valence-corrected chi connectivity index (χ2v) is 4.39. The zero-order valence-electron chi connectivity index (χ0n) is 8.73. The van der Waals surface area contributed by atoms with Gasteiger partial charge in [-0.15, -0.1) is 11.8 Å². The summed E-state index contributed by atoms with van der Waals surface area (Å²) in [5, 5.41) is 11.9. The molecule has 0 spiro atoms. The molecule has 86 valence electrons. The molecular formula is C9H16N2O3S. The fourth-order valence-electron chi connectivity index (χ4n) is 1.37. The molecule has 1 rings (SSSR count). The normalized spacial score (nSPS) is 20.6. The highest BCUT2D eigenvalue weighted by molar-refractivity contribution is 7.99. The highest BCUT2D eigenvalue weighted by atomic mass is 32.2. The molecule has 0 aromatic heterocycles. The Hall–Kier alpha value is -0.750. The number of hydrogen-bond acceptors (Lipinski definition) is 4. The van der Waals surface area contributed by atoms with Gasteiger partial charge in [0, 0.05) is 5.75 Å². The first-order valence-corrected chi connectivity index (χ1v) is 6.13. The van der Waals surface area contributed by atoms with E-state index in [1.54, 1.807) is 0 Å². The van der Waals surface area contributed by atoms with Crippen LogP contribution in [-0.2, 0) is 9.59 Å². The van der Waals surface area contributed by atoms with Crippen LogP contribution in [0, 0.1) is 0 Å². The number of carboxylic acid groups (broad SMARTS) is 1. The van der Waals surface area contributed by atoms with E-state index >= 15 is 0 Å². The van der Waals surface area contributed by atoms with E-state index in [4.69, 9.17) is 5.11 Å². The second kappa shape index (κ2) is 5.97. The average molecular weight is 232 g/mol. The highest BCUT2D eigenvalue weighted by Crippen LogP contribution is 2.20. The van der Waals surface area contributed by atoms with Crippen LogP contribution in [-0.4, -0.2) is 52.6 Å². The zero-order valence-corrected chi connectivity index (χ0v) is 9.55. The van der Waals surface area contributed by atoms with Crippen LogP contribution in [0.25, 0.3) is 0 Å². The summed E-state index contributed by atoms with van der Waals surface area (Å²) in [6.07, 6.45) is 0.963. The van der Waals surface area contributed by atoms with E-state index in [-0.39, 0.29) is 12.5 Å². The van der Waals surface area contributed by atoms with Gasteiger partial charge in [0.05, 0.1) is 12.4 Å². The average Bonchev–Trinajstić information content (AvgIpc) is 2.66. The molecule has 1 amide bonds. The molecule has 1 aliphatic rings. The van der Waals surface area contributed by atoms with E-state index in [1.165, 1.54) is 16.7 Å². The molecule has 0 aromatic rings. The van der Waals surface area contributed by atoms with E-state index in [2.05, 4.69) is 5.32 Å². The summed E-state index contributed by atoms with van der Waals surface area (Å²) in [7, 11) is 0. The molecule has 0 aromatic carbocycles. The van der Waals surface area contributed by atoms with Gasteiger partial charge in [0.2, 0.25) is 5.91 Å².